The highest BCUT2D eigenvalue weighted by Crippen LogP contribution is 2.35. The second-order valence-electron chi connectivity index (χ2n) is 9.20. The van der Waals surface area contributed by atoms with Crippen LogP contribution in [0.4, 0.5) is 14.6 Å². The quantitative estimate of drug-likeness (QED) is 0.497. The summed E-state index contributed by atoms with van der Waals surface area (Å²) >= 11 is 0. The molecule has 1 saturated heterocycles. The van der Waals surface area contributed by atoms with Gasteiger partial charge >= 0.3 is 0 Å². The van der Waals surface area contributed by atoms with Crippen molar-refractivity contribution in [2.75, 3.05) is 25.4 Å². The first-order chi connectivity index (χ1) is 16.5. The van der Waals surface area contributed by atoms with E-state index in [9.17, 15) is 8.78 Å². The number of nitrogen functional groups attached to an aromatic ring is 1. The Hall–Kier alpha value is -3.25. The minimum atomic E-state index is -2.31. The van der Waals surface area contributed by atoms with Gasteiger partial charge in [-0.05, 0) is 54.1 Å². The maximum Gasteiger partial charge on any atom is 0.251 e. The summed E-state index contributed by atoms with van der Waals surface area (Å²) in [6.45, 7) is 5.54. The predicted molar refractivity (Wildman–Crippen MR) is 134 cm³/mol. The second kappa shape index (κ2) is 9.55. The second-order valence-corrected chi connectivity index (χ2v) is 9.20. The lowest BCUT2D eigenvalue weighted by Gasteiger charge is -2.35. The first-order valence-electron chi connectivity index (χ1n) is 11.9. The van der Waals surface area contributed by atoms with Crippen LogP contribution in [0.2, 0.25) is 0 Å². The molecule has 4 nitrogen and oxygen atoms in total. The van der Waals surface area contributed by atoms with Crippen LogP contribution in [0.1, 0.15) is 42.0 Å². The lowest BCUT2D eigenvalue weighted by Crippen LogP contribution is -2.36. The highest BCUT2D eigenvalue weighted by atomic mass is 19.3. The number of nitrogens with zero attached hydrogens (tertiary/aromatic N) is 2. The molecule has 2 aliphatic heterocycles. The molecule has 0 saturated carbocycles. The van der Waals surface area contributed by atoms with E-state index in [2.05, 4.69) is 65.4 Å². The number of fused-ring (bicyclic) bond motifs is 1. The van der Waals surface area contributed by atoms with Crippen LogP contribution in [-0.4, -0.2) is 35.9 Å². The van der Waals surface area contributed by atoms with E-state index in [0.29, 0.717) is 5.82 Å². The number of benzene rings is 2. The van der Waals surface area contributed by atoms with Crippen molar-refractivity contribution in [3.63, 3.8) is 0 Å². The molecule has 0 radical (unpaired) electrons. The van der Waals surface area contributed by atoms with Crippen LogP contribution < -0.4 is 11.1 Å². The molecule has 1 fully saturated rings. The van der Waals surface area contributed by atoms with E-state index in [0.717, 1.165) is 77.9 Å². The van der Waals surface area contributed by atoms with Crippen molar-refractivity contribution in [3.8, 4) is 22.3 Å². The molecule has 2 aromatic carbocycles. The molecular formula is C28H30F2N4. The van der Waals surface area contributed by atoms with Gasteiger partial charge in [-0.25, -0.2) is 13.8 Å². The van der Waals surface area contributed by atoms with E-state index < -0.39 is 6.43 Å². The smallest absolute Gasteiger partial charge is 0.251 e. The minimum Gasteiger partial charge on any atom is -0.385 e. The molecule has 0 aliphatic carbocycles. The van der Waals surface area contributed by atoms with Crippen LogP contribution in [0.5, 0.6) is 0 Å². The molecule has 176 valence electrons. The number of rotatable bonds is 5. The lowest BCUT2D eigenvalue weighted by atomic mass is 9.92. The fourth-order valence-corrected chi connectivity index (χ4v) is 5.23. The first kappa shape index (κ1) is 22.5. The molecule has 1 unspecified atom stereocenters. The first-order valence-corrected chi connectivity index (χ1v) is 11.9. The van der Waals surface area contributed by atoms with Gasteiger partial charge in [0.2, 0.25) is 0 Å². The number of hydrogen-bond donors (Lipinski definition) is 2. The Bertz CT molecular complexity index is 1190. The number of nitrogens with two attached hydrogens (primary N) is 1. The molecule has 3 N–H and O–H groups in total. The topological polar surface area (TPSA) is 54.2 Å². The van der Waals surface area contributed by atoms with E-state index in [-0.39, 0.29) is 12.6 Å². The highest BCUT2D eigenvalue weighted by Gasteiger charge is 2.26. The molecule has 3 aromatic rings. The van der Waals surface area contributed by atoms with Crippen LogP contribution in [0.15, 0.2) is 61.3 Å². The fraction of sp³-hybridized carbons (Fsp3) is 0.321. The number of aromatic nitrogens is 1. The number of piperidine rings is 1. The summed E-state index contributed by atoms with van der Waals surface area (Å²) in [6.07, 6.45) is 3.40. The third-order valence-electron chi connectivity index (χ3n) is 7.01. The Balaban J connectivity index is 1.42. The average Bonchev–Trinajstić information content (AvgIpc) is 2.84. The van der Waals surface area contributed by atoms with Gasteiger partial charge in [0.1, 0.15) is 5.82 Å². The zero-order valence-corrected chi connectivity index (χ0v) is 19.2. The van der Waals surface area contributed by atoms with Crippen LogP contribution in [-0.2, 0) is 6.42 Å². The number of nitrogens with one attached hydrogen (secondary N) is 1. The zero-order chi connectivity index (χ0) is 23.7. The summed E-state index contributed by atoms with van der Waals surface area (Å²) in [7, 11) is 0. The summed E-state index contributed by atoms with van der Waals surface area (Å²) in [6, 6.07) is 16.7. The SMILES string of the molecule is C=C1NCCc2cc(-c3cc(-c4ccc(C5CCCCN5CC(F)F)cc4)cnc3N)ccc21. The molecular weight excluding hydrogens is 430 g/mol. The summed E-state index contributed by atoms with van der Waals surface area (Å²) in [5.41, 5.74) is 14.7. The van der Waals surface area contributed by atoms with Gasteiger partial charge in [0.05, 0.1) is 6.54 Å². The monoisotopic (exact) mass is 460 g/mol. The Morgan fingerprint density at radius 2 is 1.82 bits per heavy atom. The summed E-state index contributed by atoms with van der Waals surface area (Å²) < 4.78 is 26.1. The van der Waals surface area contributed by atoms with E-state index >= 15 is 0 Å². The van der Waals surface area contributed by atoms with Gasteiger partial charge in [-0.2, -0.15) is 0 Å². The molecule has 1 atom stereocenters. The van der Waals surface area contributed by atoms with Crippen LogP contribution in [0.3, 0.4) is 0 Å². The molecule has 0 spiro atoms. The molecule has 0 bridgehead atoms. The van der Waals surface area contributed by atoms with Gasteiger partial charge < -0.3 is 11.1 Å². The van der Waals surface area contributed by atoms with Crippen molar-refractivity contribution in [2.45, 2.75) is 38.2 Å². The molecule has 5 rings (SSSR count). The normalized spacial score (nSPS) is 18.6. The minimum absolute atomic E-state index is 0.0524. The van der Waals surface area contributed by atoms with Gasteiger partial charge in [-0.3, -0.25) is 4.90 Å². The number of halogens is 2. The van der Waals surface area contributed by atoms with Gasteiger partial charge in [-0.1, -0.05) is 55.5 Å². The van der Waals surface area contributed by atoms with Crippen molar-refractivity contribution in [2.24, 2.45) is 0 Å². The predicted octanol–water partition coefficient (Wildman–Crippen LogP) is 5.91. The van der Waals surface area contributed by atoms with Crippen molar-refractivity contribution in [3.05, 3.63) is 78.0 Å². The van der Waals surface area contributed by atoms with Gasteiger partial charge in [0.25, 0.3) is 6.43 Å². The van der Waals surface area contributed by atoms with Gasteiger partial charge in [-0.15, -0.1) is 0 Å². The largest absolute Gasteiger partial charge is 0.385 e. The maximum absolute atomic E-state index is 13.1. The maximum atomic E-state index is 13.1. The summed E-state index contributed by atoms with van der Waals surface area (Å²) in [5, 5.41) is 3.31. The van der Waals surface area contributed by atoms with Crippen molar-refractivity contribution in [1.82, 2.24) is 15.2 Å². The molecule has 34 heavy (non-hydrogen) atoms. The molecule has 6 heteroatoms. The third-order valence-corrected chi connectivity index (χ3v) is 7.01. The third kappa shape index (κ3) is 4.55. The molecule has 2 aliphatic rings. The molecule has 3 heterocycles. The molecule has 1 aromatic heterocycles. The number of anilines is 1. The standard InChI is InChI=1S/C28H30F2N4/c1-18-24-10-9-21(14-22(24)11-12-32-18)25-15-23(16-33-28(25)31)19-5-7-20(8-6-19)26-4-2-3-13-34(26)17-27(29)30/h5-10,14-16,26-27,32H,1-4,11-13,17H2,(H2,31,33). The van der Waals surface area contributed by atoms with E-state index in [1.54, 1.807) is 6.20 Å². The van der Waals surface area contributed by atoms with Crippen molar-refractivity contribution < 1.29 is 8.78 Å². The Morgan fingerprint density at radius 1 is 1.03 bits per heavy atom. The highest BCUT2D eigenvalue weighted by molar-refractivity contribution is 5.81. The van der Waals surface area contributed by atoms with E-state index in [1.807, 2.05) is 4.90 Å². The average molecular weight is 461 g/mol. The van der Waals surface area contributed by atoms with Crippen LogP contribution in [0, 0.1) is 0 Å². The number of hydrogen-bond acceptors (Lipinski definition) is 4. The molecule has 0 amide bonds. The zero-order valence-electron chi connectivity index (χ0n) is 19.2. The summed E-state index contributed by atoms with van der Waals surface area (Å²) in [5.74, 6) is 0.498. The Kier molecular flexibility index (Phi) is 6.33. The van der Waals surface area contributed by atoms with Crippen molar-refractivity contribution in [1.29, 1.82) is 0 Å². The van der Waals surface area contributed by atoms with E-state index in [4.69, 9.17) is 5.73 Å². The summed E-state index contributed by atoms with van der Waals surface area (Å²) in [4.78, 5) is 6.40. The number of likely N-dealkylation sites (tertiary alicyclic amines) is 1. The van der Waals surface area contributed by atoms with Crippen LogP contribution in [0.25, 0.3) is 28.0 Å². The van der Waals surface area contributed by atoms with Crippen LogP contribution >= 0.6 is 0 Å². The van der Waals surface area contributed by atoms with Gasteiger partial charge in [0.15, 0.2) is 0 Å². The number of alkyl halides is 2. The lowest BCUT2D eigenvalue weighted by molar-refractivity contribution is 0.0489. The Morgan fingerprint density at radius 3 is 2.62 bits per heavy atom. The number of pyridine rings is 1. The fourth-order valence-electron chi connectivity index (χ4n) is 5.23. The van der Waals surface area contributed by atoms with Gasteiger partial charge in [0, 0.05) is 41.2 Å². The van der Waals surface area contributed by atoms with E-state index in [1.165, 1.54) is 5.56 Å². The van der Waals surface area contributed by atoms with Crippen molar-refractivity contribution >= 4 is 11.5 Å². The Labute approximate surface area is 199 Å².